The van der Waals surface area contributed by atoms with Crippen molar-refractivity contribution in [2.24, 2.45) is 0 Å². The van der Waals surface area contributed by atoms with Crippen LogP contribution in [0.25, 0.3) is 0 Å². The molecule has 0 spiro atoms. The summed E-state index contributed by atoms with van der Waals surface area (Å²) in [5.74, 6) is -0.324. The molecule has 1 aromatic heterocycles. The highest BCUT2D eigenvalue weighted by Gasteiger charge is 2.10. The fourth-order valence-corrected chi connectivity index (χ4v) is 5.20. The molecule has 0 radical (unpaired) electrons. The van der Waals surface area contributed by atoms with Crippen LogP contribution in [0.4, 0.5) is 10.1 Å². The Bertz CT molecular complexity index is 1080. The molecular formula is C32H44BrFN2O2S. The van der Waals surface area contributed by atoms with Crippen molar-refractivity contribution in [3.8, 4) is 5.75 Å². The number of benzene rings is 2. The number of nitrogens with one attached hydrogen (secondary N) is 1. The van der Waals surface area contributed by atoms with E-state index in [4.69, 9.17) is 4.74 Å². The highest BCUT2D eigenvalue weighted by atomic mass is 79.9. The molecule has 0 bridgehead atoms. The number of aromatic nitrogens is 1. The van der Waals surface area contributed by atoms with Gasteiger partial charge in [0.15, 0.2) is 24.3 Å². The second kappa shape index (κ2) is 19.8. The van der Waals surface area contributed by atoms with Crippen molar-refractivity contribution in [2.75, 3.05) is 11.9 Å². The van der Waals surface area contributed by atoms with Gasteiger partial charge in [-0.3, -0.25) is 4.79 Å². The van der Waals surface area contributed by atoms with Crippen LogP contribution in [0.1, 0.15) is 95.1 Å². The van der Waals surface area contributed by atoms with Gasteiger partial charge in [-0.15, -0.1) is 0 Å². The summed E-state index contributed by atoms with van der Waals surface area (Å²) < 4.78 is 22.3. The number of halogens is 2. The predicted molar refractivity (Wildman–Crippen MR) is 155 cm³/mol. The number of unbranched alkanes of at least 4 members (excludes halogenated alkanes) is 11. The summed E-state index contributed by atoms with van der Waals surface area (Å²) in [5.41, 5.74) is 4.52. The van der Waals surface area contributed by atoms with Crippen LogP contribution in [0.5, 0.6) is 5.75 Å². The predicted octanol–water partition coefficient (Wildman–Crippen LogP) is 5.49. The van der Waals surface area contributed by atoms with Crippen molar-refractivity contribution in [3.63, 3.8) is 0 Å². The lowest BCUT2D eigenvalue weighted by molar-refractivity contribution is -0.683. The number of hydrogen-bond acceptors (Lipinski definition) is 3. The average molecular weight is 620 g/mol. The van der Waals surface area contributed by atoms with Crippen LogP contribution in [0.2, 0.25) is 0 Å². The van der Waals surface area contributed by atoms with Gasteiger partial charge in [0.2, 0.25) is 11.4 Å². The average Bonchev–Trinajstić information content (AvgIpc) is 3.41. The first-order valence-corrected chi connectivity index (χ1v) is 15.3. The molecule has 4 nitrogen and oxygen atoms in total. The number of amides is 1. The normalized spacial score (nSPS) is 10.7. The van der Waals surface area contributed by atoms with Crippen molar-refractivity contribution in [3.05, 3.63) is 76.5 Å². The Morgan fingerprint density at radius 2 is 1.59 bits per heavy atom. The van der Waals surface area contributed by atoms with E-state index in [9.17, 15) is 9.18 Å². The van der Waals surface area contributed by atoms with Crippen molar-refractivity contribution in [1.82, 2.24) is 0 Å². The van der Waals surface area contributed by atoms with Crippen LogP contribution in [0.15, 0.2) is 59.6 Å². The van der Waals surface area contributed by atoms with Gasteiger partial charge >= 0.3 is 0 Å². The SMILES string of the molecule is CCCCCCCCCCCCCCOc1ccc(CC(=O)Nc2cccc(C[n+]3ccsc3)c2)cc1F.[Br-]. The minimum atomic E-state index is -0.413. The van der Waals surface area contributed by atoms with Crippen molar-refractivity contribution < 1.29 is 35.5 Å². The summed E-state index contributed by atoms with van der Waals surface area (Å²) in [6.07, 6.45) is 17.6. The van der Waals surface area contributed by atoms with Gasteiger partial charge in [0.05, 0.1) is 18.4 Å². The highest BCUT2D eigenvalue weighted by molar-refractivity contribution is 7.07. The third kappa shape index (κ3) is 13.6. The molecule has 0 aliphatic rings. The van der Waals surface area contributed by atoms with Crippen molar-refractivity contribution in [1.29, 1.82) is 0 Å². The van der Waals surface area contributed by atoms with Gasteiger partial charge < -0.3 is 27.0 Å². The molecule has 0 unspecified atom stereocenters. The number of rotatable bonds is 19. The number of thiazole rings is 1. The fraction of sp³-hybridized carbons (Fsp3) is 0.500. The van der Waals surface area contributed by atoms with Crippen molar-refractivity contribution in [2.45, 2.75) is 96.9 Å². The van der Waals surface area contributed by atoms with E-state index in [0.717, 1.165) is 30.6 Å². The quantitative estimate of drug-likeness (QED) is 0.143. The number of anilines is 1. The van der Waals surface area contributed by atoms with E-state index in [0.29, 0.717) is 12.2 Å². The second-order valence-corrected chi connectivity index (χ2v) is 10.9. The van der Waals surface area contributed by atoms with E-state index in [1.165, 1.54) is 70.3 Å². The Labute approximate surface area is 248 Å². The molecule has 0 saturated heterocycles. The smallest absolute Gasteiger partial charge is 0.228 e. The van der Waals surface area contributed by atoms with Gasteiger partial charge in [-0.25, -0.2) is 4.39 Å². The molecule has 3 aromatic rings. The zero-order chi connectivity index (χ0) is 26.8. The van der Waals surface area contributed by atoms with Crippen LogP contribution in [0.3, 0.4) is 0 Å². The molecule has 0 aliphatic carbocycles. The highest BCUT2D eigenvalue weighted by Crippen LogP contribution is 2.20. The monoisotopic (exact) mass is 618 g/mol. The summed E-state index contributed by atoms with van der Waals surface area (Å²) in [4.78, 5) is 12.5. The van der Waals surface area contributed by atoms with E-state index >= 15 is 0 Å². The Kier molecular flexibility index (Phi) is 16.7. The minimum Gasteiger partial charge on any atom is -1.00 e. The number of nitrogens with zero attached hydrogens (tertiary/aromatic N) is 1. The lowest BCUT2D eigenvalue weighted by atomic mass is 10.1. The summed E-state index contributed by atoms with van der Waals surface area (Å²) in [5, 5.41) is 4.95. The Balaban J connectivity index is 0.00000533. The molecule has 0 atom stereocenters. The summed E-state index contributed by atoms with van der Waals surface area (Å²) in [7, 11) is 0. The standard InChI is InChI=1S/C32H43FN2O2S.BrH/c1-2-3-4-5-6-7-8-9-10-11-12-13-20-37-31-18-17-27(23-30(31)33)24-32(36)34-29-16-14-15-28(22-29)25-35-19-21-38-26-35;/h14-19,21-23,26H,2-13,20,24-25H2,1H3;1H. The van der Waals surface area contributed by atoms with Gasteiger partial charge in [-0.05, 0) is 36.2 Å². The molecule has 3 rings (SSSR count). The Morgan fingerprint density at radius 3 is 2.23 bits per heavy atom. The molecule has 214 valence electrons. The number of ether oxygens (including phenoxy) is 1. The fourth-order valence-electron chi connectivity index (χ4n) is 4.60. The van der Waals surface area contributed by atoms with Crippen LogP contribution in [-0.2, 0) is 17.8 Å². The molecule has 0 fully saturated rings. The van der Waals surface area contributed by atoms with E-state index in [2.05, 4.69) is 16.8 Å². The van der Waals surface area contributed by atoms with E-state index in [-0.39, 0.29) is 35.1 Å². The molecule has 39 heavy (non-hydrogen) atoms. The van der Waals surface area contributed by atoms with Crippen LogP contribution < -0.4 is 31.6 Å². The summed E-state index contributed by atoms with van der Waals surface area (Å²) in [6, 6.07) is 12.6. The molecule has 0 aliphatic heterocycles. The molecule has 0 saturated carbocycles. The topological polar surface area (TPSA) is 42.2 Å². The van der Waals surface area contributed by atoms with Crippen LogP contribution in [0, 0.1) is 5.82 Å². The van der Waals surface area contributed by atoms with E-state index in [1.54, 1.807) is 23.5 Å². The third-order valence-electron chi connectivity index (χ3n) is 6.72. The zero-order valence-corrected chi connectivity index (χ0v) is 25.7. The third-order valence-corrected chi connectivity index (χ3v) is 7.39. The van der Waals surface area contributed by atoms with E-state index < -0.39 is 5.82 Å². The van der Waals surface area contributed by atoms with Gasteiger partial charge in [0.1, 0.15) is 0 Å². The summed E-state index contributed by atoms with van der Waals surface area (Å²) >= 11 is 1.64. The Hall–Kier alpha value is -2.25. The van der Waals surface area contributed by atoms with Gasteiger partial charge in [0, 0.05) is 11.3 Å². The first kappa shape index (κ1) is 33.0. The van der Waals surface area contributed by atoms with E-state index in [1.807, 2.05) is 41.4 Å². The largest absolute Gasteiger partial charge is 1.00 e. The van der Waals surface area contributed by atoms with Gasteiger partial charge in [-0.1, -0.05) is 107 Å². The zero-order valence-electron chi connectivity index (χ0n) is 23.3. The lowest BCUT2D eigenvalue weighted by Crippen LogP contribution is -3.00. The number of hydrogen-bond donors (Lipinski definition) is 1. The van der Waals surface area contributed by atoms with Crippen LogP contribution >= 0.6 is 11.3 Å². The first-order chi connectivity index (χ1) is 18.6. The lowest BCUT2D eigenvalue weighted by Gasteiger charge is -2.10. The van der Waals surface area contributed by atoms with Gasteiger partial charge in [0.25, 0.3) is 0 Å². The number of carbonyl (C=O) groups is 1. The maximum atomic E-state index is 14.5. The maximum absolute atomic E-state index is 14.5. The number of carbonyl (C=O) groups excluding carboxylic acids is 1. The first-order valence-electron chi connectivity index (χ1n) is 14.4. The molecule has 2 aromatic carbocycles. The molecule has 1 heterocycles. The Morgan fingerprint density at radius 1 is 0.897 bits per heavy atom. The molecule has 1 amide bonds. The minimum absolute atomic E-state index is 0. The van der Waals surface area contributed by atoms with Crippen molar-refractivity contribution >= 4 is 22.9 Å². The molecule has 1 N–H and O–H groups in total. The summed E-state index contributed by atoms with van der Waals surface area (Å²) in [6.45, 7) is 3.53. The molecular weight excluding hydrogens is 575 g/mol. The maximum Gasteiger partial charge on any atom is 0.228 e. The second-order valence-electron chi connectivity index (χ2n) is 10.1. The molecule has 7 heteroatoms. The van der Waals surface area contributed by atoms with Crippen LogP contribution in [-0.4, -0.2) is 12.5 Å². The van der Waals surface area contributed by atoms with Gasteiger partial charge in [-0.2, -0.15) is 4.57 Å².